The summed E-state index contributed by atoms with van der Waals surface area (Å²) in [5.41, 5.74) is 7.37. The molecule has 2 aromatic rings. The number of aromatic nitrogens is 2. The molecular weight excluding hydrogens is 324 g/mol. The Hall–Kier alpha value is -3.29. The van der Waals surface area contributed by atoms with Gasteiger partial charge in [0.1, 0.15) is 17.4 Å². The number of H-pyrrole nitrogens is 1. The van der Waals surface area contributed by atoms with Crippen LogP contribution in [0.3, 0.4) is 0 Å². The SMILES string of the molecule is CCOC(=O)C1=C(C)Nc2nc(=O)[nH]c(N)c2C1c1cccc(O)c1. The highest BCUT2D eigenvalue weighted by Crippen LogP contribution is 2.43. The first-order valence-electron chi connectivity index (χ1n) is 7.76. The van der Waals surface area contributed by atoms with Crippen molar-refractivity contribution < 1.29 is 14.6 Å². The minimum atomic E-state index is -0.633. The predicted molar refractivity (Wildman–Crippen MR) is 92.2 cm³/mol. The van der Waals surface area contributed by atoms with Crippen LogP contribution in [0.5, 0.6) is 5.75 Å². The number of ether oxygens (including phenoxy) is 1. The summed E-state index contributed by atoms with van der Waals surface area (Å²) in [6.45, 7) is 3.63. The number of esters is 1. The average Bonchev–Trinajstić information content (AvgIpc) is 2.53. The molecule has 5 N–H and O–H groups in total. The van der Waals surface area contributed by atoms with Gasteiger partial charge in [-0.1, -0.05) is 12.1 Å². The maximum absolute atomic E-state index is 12.5. The summed E-state index contributed by atoms with van der Waals surface area (Å²) in [6, 6.07) is 6.49. The number of hydrogen-bond acceptors (Lipinski definition) is 7. The van der Waals surface area contributed by atoms with E-state index in [9.17, 15) is 14.7 Å². The fourth-order valence-electron chi connectivity index (χ4n) is 3.01. The summed E-state index contributed by atoms with van der Waals surface area (Å²) in [5, 5.41) is 12.8. The van der Waals surface area contributed by atoms with Crippen LogP contribution in [0.1, 0.15) is 30.9 Å². The van der Waals surface area contributed by atoms with Gasteiger partial charge >= 0.3 is 11.7 Å². The third kappa shape index (κ3) is 2.93. The first-order chi connectivity index (χ1) is 11.9. The number of anilines is 2. The molecule has 1 aliphatic rings. The molecule has 25 heavy (non-hydrogen) atoms. The molecule has 0 amide bonds. The van der Waals surface area contributed by atoms with E-state index in [0.29, 0.717) is 22.4 Å². The highest BCUT2D eigenvalue weighted by atomic mass is 16.5. The highest BCUT2D eigenvalue weighted by molar-refractivity contribution is 5.95. The van der Waals surface area contributed by atoms with Gasteiger partial charge in [-0.15, -0.1) is 0 Å². The second-order valence-electron chi connectivity index (χ2n) is 5.63. The fraction of sp³-hybridized carbons (Fsp3) is 0.235. The van der Waals surface area contributed by atoms with Crippen LogP contribution in [0, 0.1) is 0 Å². The highest BCUT2D eigenvalue weighted by Gasteiger charge is 2.36. The number of fused-ring (bicyclic) bond motifs is 1. The van der Waals surface area contributed by atoms with Crippen molar-refractivity contribution in [1.29, 1.82) is 0 Å². The largest absolute Gasteiger partial charge is 0.508 e. The molecule has 0 radical (unpaired) electrons. The molecule has 130 valence electrons. The summed E-state index contributed by atoms with van der Waals surface area (Å²) >= 11 is 0. The van der Waals surface area contributed by atoms with Gasteiger partial charge in [-0.05, 0) is 31.5 Å². The van der Waals surface area contributed by atoms with Crippen molar-refractivity contribution >= 4 is 17.6 Å². The number of phenolic OH excluding ortho intramolecular Hbond substituents is 1. The predicted octanol–water partition coefficient (Wildman–Crippen LogP) is 1.45. The lowest BCUT2D eigenvalue weighted by Gasteiger charge is -2.29. The molecule has 0 bridgehead atoms. The van der Waals surface area contributed by atoms with Crippen LogP contribution in [0.25, 0.3) is 0 Å². The number of benzene rings is 1. The Labute approximate surface area is 143 Å². The first-order valence-corrected chi connectivity index (χ1v) is 7.76. The molecule has 0 saturated carbocycles. The molecule has 0 spiro atoms. The number of carbonyl (C=O) groups is 1. The molecule has 0 saturated heterocycles. The van der Waals surface area contributed by atoms with Crippen molar-refractivity contribution in [3.63, 3.8) is 0 Å². The summed E-state index contributed by atoms with van der Waals surface area (Å²) in [6.07, 6.45) is 0. The van der Waals surface area contributed by atoms with Crippen LogP contribution in [0.4, 0.5) is 11.6 Å². The summed E-state index contributed by atoms with van der Waals surface area (Å²) in [5.74, 6) is -0.705. The van der Waals surface area contributed by atoms with Crippen LogP contribution >= 0.6 is 0 Å². The minimum Gasteiger partial charge on any atom is -0.508 e. The number of aromatic amines is 1. The van der Waals surface area contributed by atoms with E-state index < -0.39 is 17.6 Å². The number of aromatic hydroxyl groups is 1. The first kappa shape index (κ1) is 16.6. The maximum atomic E-state index is 12.5. The smallest absolute Gasteiger partial charge is 0.348 e. The summed E-state index contributed by atoms with van der Waals surface area (Å²) in [7, 11) is 0. The molecule has 2 heterocycles. The molecule has 1 aliphatic heterocycles. The second-order valence-corrected chi connectivity index (χ2v) is 5.63. The van der Waals surface area contributed by atoms with Crippen molar-refractivity contribution in [3.8, 4) is 5.75 Å². The standard InChI is InChI=1S/C17H18N4O4/c1-3-25-16(23)11-8(2)19-15-13(14(18)20-17(24)21-15)12(11)9-5-4-6-10(22)7-9/h4-7,12,22H,3H2,1-2H3,(H4,18,19,20,21,24). The van der Waals surface area contributed by atoms with Crippen molar-refractivity contribution in [2.45, 2.75) is 19.8 Å². The number of rotatable bonds is 3. The van der Waals surface area contributed by atoms with Gasteiger partial charge in [-0.2, -0.15) is 4.98 Å². The van der Waals surface area contributed by atoms with E-state index in [1.165, 1.54) is 12.1 Å². The quantitative estimate of drug-likeness (QED) is 0.621. The molecule has 1 aromatic carbocycles. The number of allylic oxidation sites excluding steroid dienone is 1. The maximum Gasteiger partial charge on any atom is 0.348 e. The third-order valence-corrected chi connectivity index (χ3v) is 3.99. The van der Waals surface area contributed by atoms with Gasteiger partial charge in [0.2, 0.25) is 0 Å². The van der Waals surface area contributed by atoms with Crippen LogP contribution in [-0.4, -0.2) is 27.7 Å². The molecule has 3 rings (SSSR count). The van der Waals surface area contributed by atoms with E-state index in [-0.39, 0.29) is 24.0 Å². The van der Waals surface area contributed by atoms with Crippen LogP contribution < -0.4 is 16.7 Å². The Morgan fingerprint density at radius 1 is 1.44 bits per heavy atom. The lowest BCUT2D eigenvalue weighted by atomic mass is 9.82. The molecule has 0 aliphatic carbocycles. The molecular formula is C17H18N4O4. The molecule has 8 nitrogen and oxygen atoms in total. The van der Waals surface area contributed by atoms with E-state index in [1.807, 2.05) is 0 Å². The molecule has 8 heteroatoms. The number of nitrogens with zero attached hydrogens (tertiary/aromatic N) is 1. The van der Waals surface area contributed by atoms with E-state index in [1.54, 1.807) is 26.0 Å². The van der Waals surface area contributed by atoms with Gasteiger partial charge in [-0.25, -0.2) is 9.59 Å². The van der Waals surface area contributed by atoms with Gasteiger partial charge in [0.15, 0.2) is 0 Å². The molecule has 1 atom stereocenters. The van der Waals surface area contributed by atoms with Crippen molar-refractivity contribution in [3.05, 3.63) is 57.1 Å². The molecule has 1 unspecified atom stereocenters. The summed E-state index contributed by atoms with van der Waals surface area (Å²) in [4.78, 5) is 30.6. The number of carbonyl (C=O) groups excluding carboxylic acids is 1. The van der Waals surface area contributed by atoms with Gasteiger partial charge in [0, 0.05) is 11.3 Å². The molecule has 0 fully saturated rings. The van der Waals surface area contributed by atoms with E-state index >= 15 is 0 Å². The van der Waals surface area contributed by atoms with Crippen LogP contribution in [0.15, 0.2) is 40.3 Å². The lowest BCUT2D eigenvalue weighted by Crippen LogP contribution is -2.29. The Bertz CT molecular complexity index is 932. The van der Waals surface area contributed by atoms with Crippen molar-refractivity contribution in [2.24, 2.45) is 0 Å². The number of hydrogen-bond donors (Lipinski definition) is 4. The van der Waals surface area contributed by atoms with E-state index in [2.05, 4.69) is 15.3 Å². The Morgan fingerprint density at radius 3 is 2.88 bits per heavy atom. The average molecular weight is 342 g/mol. The lowest BCUT2D eigenvalue weighted by molar-refractivity contribution is -0.138. The minimum absolute atomic E-state index is 0.0504. The van der Waals surface area contributed by atoms with E-state index in [0.717, 1.165) is 0 Å². The normalized spacial score (nSPS) is 16.2. The number of nitrogen functional groups attached to an aromatic ring is 1. The second kappa shape index (κ2) is 6.31. The van der Waals surface area contributed by atoms with Gasteiger partial charge in [0.25, 0.3) is 0 Å². The fourth-order valence-corrected chi connectivity index (χ4v) is 3.01. The van der Waals surface area contributed by atoms with Crippen LogP contribution in [-0.2, 0) is 9.53 Å². The zero-order valence-corrected chi connectivity index (χ0v) is 13.8. The zero-order chi connectivity index (χ0) is 18.1. The van der Waals surface area contributed by atoms with Gasteiger partial charge in [-0.3, -0.25) is 4.98 Å². The Morgan fingerprint density at radius 2 is 2.20 bits per heavy atom. The zero-order valence-electron chi connectivity index (χ0n) is 13.8. The van der Waals surface area contributed by atoms with Crippen molar-refractivity contribution in [2.75, 3.05) is 17.7 Å². The van der Waals surface area contributed by atoms with Crippen LogP contribution in [0.2, 0.25) is 0 Å². The monoisotopic (exact) mass is 342 g/mol. The third-order valence-electron chi connectivity index (χ3n) is 3.99. The van der Waals surface area contributed by atoms with Gasteiger partial charge in [0.05, 0.1) is 18.1 Å². The van der Waals surface area contributed by atoms with Gasteiger partial charge < -0.3 is 20.9 Å². The van der Waals surface area contributed by atoms with Crippen molar-refractivity contribution in [1.82, 2.24) is 9.97 Å². The number of nitrogens with two attached hydrogens (primary N) is 1. The summed E-state index contributed by atoms with van der Waals surface area (Å²) < 4.78 is 5.18. The Kier molecular flexibility index (Phi) is 4.18. The topological polar surface area (TPSA) is 130 Å². The Balaban J connectivity index is 2.28. The van der Waals surface area contributed by atoms with E-state index in [4.69, 9.17) is 10.5 Å². The number of phenols is 1. The number of nitrogens with one attached hydrogen (secondary N) is 2. The molecule has 1 aromatic heterocycles.